The molecule has 2 aliphatic heterocycles. The number of likely N-dealkylation sites (N-methyl/N-ethyl adjacent to an activating group) is 1. The van der Waals surface area contributed by atoms with Crippen LogP contribution in [0, 0.1) is 0 Å². The highest BCUT2D eigenvalue weighted by molar-refractivity contribution is 6.30. The summed E-state index contributed by atoms with van der Waals surface area (Å²) in [5, 5.41) is 10.6. The number of nitrogens with zero attached hydrogens (tertiary/aromatic N) is 3. The minimum Gasteiger partial charge on any atom is -0.394 e. The predicted molar refractivity (Wildman–Crippen MR) is 95.5 cm³/mol. The standard InChI is InChI=1S/C18H26ClN3O2/c1-3-20-8-9-22-16(10-20)11-21(12-18(22,2)13-23)17(24)14-4-6-15(19)7-5-14/h4-7,16,23H,3,8-13H2,1-2H3. The van der Waals surface area contributed by atoms with E-state index in [9.17, 15) is 9.90 Å². The number of carbonyl (C=O) groups is 1. The van der Waals surface area contributed by atoms with E-state index in [0.29, 0.717) is 23.7 Å². The Bertz CT molecular complexity index is 594. The highest BCUT2D eigenvalue weighted by Crippen LogP contribution is 2.29. The molecule has 2 fully saturated rings. The van der Waals surface area contributed by atoms with Crippen molar-refractivity contribution in [3.8, 4) is 0 Å². The van der Waals surface area contributed by atoms with Crippen LogP contribution < -0.4 is 0 Å². The smallest absolute Gasteiger partial charge is 0.253 e. The molecule has 24 heavy (non-hydrogen) atoms. The number of piperazine rings is 2. The Morgan fingerprint density at radius 1 is 1.29 bits per heavy atom. The highest BCUT2D eigenvalue weighted by atomic mass is 35.5. The summed E-state index contributed by atoms with van der Waals surface area (Å²) in [5.74, 6) is 0.0135. The van der Waals surface area contributed by atoms with E-state index >= 15 is 0 Å². The van der Waals surface area contributed by atoms with Crippen molar-refractivity contribution < 1.29 is 9.90 Å². The number of rotatable bonds is 3. The van der Waals surface area contributed by atoms with Gasteiger partial charge >= 0.3 is 0 Å². The molecule has 1 aromatic carbocycles. The van der Waals surface area contributed by atoms with Crippen molar-refractivity contribution in [1.82, 2.24) is 14.7 Å². The molecule has 0 spiro atoms. The van der Waals surface area contributed by atoms with Gasteiger partial charge in [0, 0.05) is 49.4 Å². The van der Waals surface area contributed by atoms with Gasteiger partial charge in [0.1, 0.15) is 0 Å². The molecule has 1 aromatic rings. The Morgan fingerprint density at radius 2 is 2.00 bits per heavy atom. The Kier molecular flexibility index (Phi) is 5.16. The molecule has 0 saturated carbocycles. The molecule has 0 bridgehead atoms. The largest absolute Gasteiger partial charge is 0.394 e. The predicted octanol–water partition coefficient (Wildman–Crippen LogP) is 1.55. The zero-order valence-electron chi connectivity index (χ0n) is 14.4. The molecule has 0 aromatic heterocycles. The molecule has 1 amide bonds. The van der Waals surface area contributed by atoms with E-state index < -0.39 is 0 Å². The third kappa shape index (κ3) is 3.31. The second-order valence-corrected chi connectivity index (χ2v) is 7.52. The molecular formula is C18H26ClN3O2. The van der Waals surface area contributed by atoms with Gasteiger partial charge in [-0.1, -0.05) is 18.5 Å². The van der Waals surface area contributed by atoms with Crippen LogP contribution in [-0.4, -0.2) is 83.2 Å². The van der Waals surface area contributed by atoms with Crippen LogP contribution in [0.5, 0.6) is 0 Å². The number of hydrogen-bond acceptors (Lipinski definition) is 4. The van der Waals surface area contributed by atoms with Crippen molar-refractivity contribution in [2.75, 3.05) is 45.9 Å². The van der Waals surface area contributed by atoms with Crippen LogP contribution in [0.25, 0.3) is 0 Å². The molecule has 132 valence electrons. The van der Waals surface area contributed by atoms with Gasteiger partial charge in [-0.05, 0) is 37.7 Å². The molecule has 0 radical (unpaired) electrons. The SMILES string of the molecule is CCN1CCN2C(C1)CN(C(=O)c1ccc(Cl)cc1)CC2(C)CO. The maximum absolute atomic E-state index is 12.9. The minimum absolute atomic E-state index is 0.0135. The quantitative estimate of drug-likeness (QED) is 0.897. The number of carbonyl (C=O) groups excluding carboxylic acids is 1. The van der Waals surface area contributed by atoms with Gasteiger partial charge < -0.3 is 14.9 Å². The van der Waals surface area contributed by atoms with Gasteiger partial charge in [0.25, 0.3) is 5.91 Å². The fourth-order valence-electron chi connectivity index (χ4n) is 3.97. The maximum Gasteiger partial charge on any atom is 0.253 e. The molecule has 5 nitrogen and oxygen atoms in total. The summed E-state index contributed by atoms with van der Waals surface area (Å²) in [7, 11) is 0. The summed E-state index contributed by atoms with van der Waals surface area (Å²) in [6.45, 7) is 9.46. The lowest BCUT2D eigenvalue weighted by Crippen LogP contribution is -2.72. The average molecular weight is 352 g/mol. The van der Waals surface area contributed by atoms with Crippen LogP contribution in [0.4, 0.5) is 0 Å². The highest BCUT2D eigenvalue weighted by Gasteiger charge is 2.45. The first-order valence-corrected chi connectivity index (χ1v) is 8.99. The molecule has 6 heteroatoms. The van der Waals surface area contributed by atoms with Crippen LogP contribution in [0.2, 0.25) is 5.02 Å². The first-order chi connectivity index (χ1) is 11.5. The third-order valence-electron chi connectivity index (χ3n) is 5.39. The Labute approximate surface area is 148 Å². The number of amides is 1. The average Bonchev–Trinajstić information content (AvgIpc) is 2.61. The Morgan fingerprint density at radius 3 is 2.62 bits per heavy atom. The summed E-state index contributed by atoms with van der Waals surface area (Å²) in [5.41, 5.74) is 0.265. The number of aliphatic hydroxyl groups is 1. The summed E-state index contributed by atoms with van der Waals surface area (Å²) >= 11 is 5.92. The second-order valence-electron chi connectivity index (χ2n) is 7.09. The van der Waals surface area contributed by atoms with E-state index in [4.69, 9.17) is 11.6 Å². The van der Waals surface area contributed by atoms with Gasteiger partial charge in [0.2, 0.25) is 0 Å². The Balaban J connectivity index is 1.82. The molecule has 2 atom stereocenters. The number of fused-ring (bicyclic) bond motifs is 1. The molecule has 1 N–H and O–H groups in total. The van der Waals surface area contributed by atoms with E-state index in [-0.39, 0.29) is 24.1 Å². The third-order valence-corrected chi connectivity index (χ3v) is 5.64. The van der Waals surface area contributed by atoms with Gasteiger partial charge in [-0.15, -0.1) is 0 Å². The molecule has 3 rings (SSSR count). The van der Waals surface area contributed by atoms with Crippen molar-refractivity contribution in [2.24, 2.45) is 0 Å². The van der Waals surface area contributed by atoms with Crippen molar-refractivity contribution in [3.05, 3.63) is 34.9 Å². The van der Waals surface area contributed by atoms with Gasteiger partial charge in [-0.25, -0.2) is 0 Å². The second kappa shape index (κ2) is 7.00. The molecule has 2 aliphatic rings. The van der Waals surface area contributed by atoms with Crippen LogP contribution >= 0.6 is 11.6 Å². The molecule has 2 saturated heterocycles. The van der Waals surface area contributed by atoms with E-state index in [0.717, 1.165) is 26.2 Å². The van der Waals surface area contributed by atoms with Crippen LogP contribution in [0.3, 0.4) is 0 Å². The minimum atomic E-state index is -0.384. The normalized spacial score (nSPS) is 28.7. The van der Waals surface area contributed by atoms with E-state index in [2.05, 4.69) is 23.6 Å². The van der Waals surface area contributed by atoms with E-state index in [1.807, 2.05) is 4.90 Å². The first kappa shape index (κ1) is 17.7. The van der Waals surface area contributed by atoms with Gasteiger partial charge in [-0.2, -0.15) is 0 Å². The number of hydrogen-bond donors (Lipinski definition) is 1. The van der Waals surface area contributed by atoms with Gasteiger partial charge in [-0.3, -0.25) is 9.69 Å². The van der Waals surface area contributed by atoms with Crippen LogP contribution in [-0.2, 0) is 0 Å². The van der Waals surface area contributed by atoms with Crippen molar-refractivity contribution in [3.63, 3.8) is 0 Å². The fraction of sp³-hybridized carbons (Fsp3) is 0.611. The first-order valence-electron chi connectivity index (χ1n) is 8.61. The van der Waals surface area contributed by atoms with Crippen LogP contribution in [0.1, 0.15) is 24.2 Å². The molecule has 2 unspecified atom stereocenters. The van der Waals surface area contributed by atoms with Crippen molar-refractivity contribution >= 4 is 17.5 Å². The maximum atomic E-state index is 12.9. The topological polar surface area (TPSA) is 47.0 Å². The van der Waals surface area contributed by atoms with E-state index in [1.54, 1.807) is 24.3 Å². The molecule has 2 heterocycles. The summed E-state index contributed by atoms with van der Waals surface area (Å²) in [6, 6.07) is 7.30. The van der Waals surface area contributed by atoms with Crippen LogP contribution in [0.15, 0.2) is 24.3 Å². The monoisotopic (exact) mass is 351 g/mol. The van der Waals surface area contributed by atoms with Crippen molar-refractivity contribution in [2.45, 2.75) is 25.4 Å². The number of aliphatic hydroxyl groups excluding tert-OH is 1. The Hall–Kier alpha value is -1.14. The summed E-state index contributed by atoms with van der Waals surface area (Å²) in [4.78, 5) is 19.6. The van der Waals surface area contributed by atoms with Crippen molar-refractivity contribution in [1.29, 1.82) is 0 Å². The lowest BCUT2D eigenvalue weighted by atomic mass is 9.91. The zero-order valence-corrected chi connectivity index (χ0v) is 15.2. The molecule has 0 aliphatic carbocycles. The van der Waals surface area contributed by atoms with Gasteiger partial charge in [0.15, 0.2) is 0 Å². The fourth-order valence-corrected chi connectivity index (χ4v) is 4.09. The molecular weight excluding hydrogens is 326 g/mol. The zero-order chi connectivity index (χ0) is 17.3. The lowest BCUT2D eigenvalue weighted by molar-refractivity contribution is -0.0826. The van der Waals surface area contributed by atoms with Gasteiger partial charge in [0.05, 0.1) is 12.1 Å². The number of benzene rings is 1. The summed E-state index contributed by atoms with van der Waals surface area (Å²) < 4.78 is 0. The van der Waals surface area contributed by atoms with E-state index in [1.165, 1.54) is 0 Å². The number of halogens is 1. The lowest BCUT2D eigenvalue weighted by Gasteiger charge is -2.56. The summed E-state index contributed by atoms with van der Waals surface area (Å²) in [6.07, 6.45) is 0.